The molecule has 8 heteroatoms. The average Bonchev–Trinajstić information content (AvgIpc) is 3.10. The van der Waals surface area contributed by atoms with Crippen molar-refractivity contribution in [3.63, 3.8) is 0 Å². The van der Waals surface area contributed by atoms with E-state index < -0.39 is 0 Å². The molecule has 164 valence electrons. The predicted octanol–water partition coefficient (Wildman–Crippen LogP) is 3.69. The number of hydrogen-bond acceptors (Lipinski definition) is 4. The summed E-state index contributed by atoms with van der Waals surface area (Å²) < 4.78 is 10.2. The molecule has 0 spiro atoms. The molecule has 6 nitrogen and oxygen atoms in total. The lowest BCUT2D eigenvalue weighted by atomic mass is 10.2. The highest BCUT2D eigenvalue weighted by molar-refractivity contribution is 7.71. The van der Waals surface area contributed by atoms with Crippen LogP contribution in [-0.2, 0) is 6.67 Å². The van der Waals surface area contributed by atoms with E-state index in [-0.39, 0.29) is 6.04 Å². The fourth-order valence-electron chi connectivity index (χ4n) is 4.05. The molecule has 0 aliphatic carbocycles. The minimum absolute atomic E-state index is 0.230. The molecule has 2 aromatic carbocycles. The second-order valence-electron chi connectivity index (χ2n) is 8.17. The van der Waals surface area contributed by atoms with Crippen LogP contribution in [0.1, 0.15) is 19.9 Å². The molecule has 1 N–H and O–H groups in total. The second-order valence-corrected chi connectivity index (χ2v) is 8.97. The molecule has 3 aromatic rings. The number of halogens is 1. The van der Waals surface area contributed by atoms with E-state index in [1.54, 1.807) is 7.11 Å². The van der Waals surface area contributed by atoms with Crippen LogP contribution in [0.15, 0.2) is 48.5 Å². The number of benzene rings is 2. The van der Waals surface area contributed by atoms with Crippen LogP contribution in [0, 0.1) is 4.77 Å². The Labute approximate surface area is 193 Å². The van der Waals surface area contributed by atoms with E-state index in [9.17, 15) is 0 Å². The zero-order chi connectivity index (χ0) is 22.0. The first-order chi connectivity index (χ1) is 15.0. The van der Waals surface area contributed by atoms with Gasteiger partial charge in [-0.15, -0.1) is 5.10 Å². The van der Waals surface area contributed by atoms with Crippen LogP contribution < -0.4 is 14.5 Å². The van der Waals surface area contributed by atoms with E-state index >= 15 is 0 Å². The lowest BCUT2D eigenvalue weighted by molar-refractivity contribution is -0.924. The molecule has 2 heterocycles. The average molecular weight is 459 g/mol. The lowest BCUT2D eigenvalue weighted by Gasteiger charge is -2.33. The van der Waals surface area contributed by atoms with Gasteiger partial charge in [-0.05, 0) is 68.5 Å². The number of ether oxygens (including phenoxy) is 1. The Morgan fingerprint density at radius 1 is 1.13 bits per heavy atom. The van der Waals surface area contributed by atoms with Crippen molar-refractivity contribution in [1.82, 2.24) is 14.3 Å². The van der Waals surface area contributed by atoms with Gasteiger partial charge in [-0.1, -0.05) is 17.7 Å². The fraction of sp³-hybridized carbons (Fsp3) is 0.391. The number of quaternary nitrogens is 1. The maximum atomic E-state index is 6.16. The molecule has 0 amide bonds. The van der Waals surface area contributed by atoms with Gasteiger partial charge >= 0.3 is 0 Å². The van der Waals surface area contributed by atoms with Gasteiger partial charge in [0.05, 0.1) is 33.3 Å². The topological polar surface area (TPSA) is 39.7 Å². The maximum Gasteiger partial charge on any atom is 0.203 e. The molecular weight excluding hydrogens is 430 g/mol. The predicted molar refractivity (Wildman–Crippen MR) is 128 cm³/mol. The van der Waals surface area contributed by atoms with Crippen LogP contribution in [0.2, 0.25) is 5.02 Å². The highest BCUT2D eigenvalue weighted by atomic mass is 35.5. The minimum Gasteiger partial charge on any atom is -0.497 e. The zero-order valence-corrected chi connectivity index (χ0v) is 19.8. The Morgan fingerprint density at radius 2 is 1.84 bits per heavy atom. The van der Waals surface area contributed by atoms with Crippen molar-refractivity contribution in [1.29, 1.82) is 0 Å². The Morgan fingerprint density at radius 3 is 2.45 bits per heavy atom. The zero-order valence-electron chi connectivity index (χ0n) is 18.2. The van der Waals surface area contributed by atoms with E-state index in [1.807, 2.05) is 47.1 Å². The molecule has 1 aromatic heterocycles. The summed E-state index contributed by atoms with van der Waals surface area (Å²) in [6.07, 6.45) is 0. The molecule has 1 fully saturated rings. The maximum absolute atomic E-state index is 6.16. The standard InChI is InChI=1S/C23H28ClN5OS/c1-17(2)29-22(18-7-9-21(30-3)10-8-18)25-28(23(29)31)16-26-11-13-27(14-12-26)20-6-4-5-19(24)15-20/h4-10,15,17H,11-14,16H2,1-3H3/p+1. The molecule has 31 heavy (non-hydrogen) atoms. The highest BCUT2D eigenvalue weighted by Crippen LogP contribution is 2.24. The van der Waals surface area contributed by atoms with Crippen LogP contribution in [0.3, 0.4) is 0 Å². The monoisotopic (exact) mass is 458 g/mol. The second kappa shape index (κ2) is 9.42. The Hall–Kier alpha value is -2.35. The smallest absolute Gasteiger partial charge is 0.203 e. The molecule has 1 saturated heterocycles. The first-order valence-electron chi connectivity index (χ1n) is 10.6. The third-order valence-corrected chi connectivity index (χ3v) is 6.39. The first-order valence-corrected chi connectivity index (χ1v) is 11.4. The van der Waals surface area contributed by atoms with Crippen molar-refractivity contribution in [2.24, 2.45) is 0 Å². The summed E-state index contributed by atoms with van der Waals surface area (Å²) in [7, 11) is 1.67. The normalized spacial score (nSPS) is 14.9. The number of anilines is 1. The van der Waals surface area contributed by atoms with Crippen molar-refractivity contribution in [3.8, 4) is 17.1 Å². The lowest BCUT2D eigenvalue weighted by Crippen LogP contribution is -3.14. The Kier molecular flexibility index (Phi) is 6.65. The SMILES string of the molecule is COc1ccc(-c2nn(C[NH+]3CCN(c4cccc(Cl)c4)CC3)c(=S)n2C(C)C)cc1. The van der Waals surface area contributed by atoms with E-state index in [2.05, 4.69) is 29.4 Å². The summed E-state index contributed by atoms with van der Waals surface area (Å²) in [5.74, 6) is 1.74. The van der Waals surface area contributed by atoms with Gasteiger partial charge in [0.2, 0.25) is 4.77 Å². The molecule has 0 unspecified atom stereocenters. The Balaban J connectivity index is 1.51. The van der Waals surface area contributed by atoms with Crippen molar-refractivity contribution in [3.05, 3.63) is 58.3 Å². The van der Waals surface area contributed by atoms with Gasteiger partial charge in [0.25, 0.3) is 0 Å². The minimum atomic E-state index is 0.230. The van der Waals surface area contributed by atoms with E-state index in [4.69, 9.17) is 33.7 Å². The van der Waals surface area contributed by atoms with Crippen LogP contribution in [0.4, 0.5) is 5.69 Å². The highest BCUT2D eigenvalue weighted by Gasteiger charge is 2.23. The molecule has 1 aliphatic heterocycles. The molecule has 0 bridgehead atoms. The number of nitrogens with zero attached hydrogens (tertiary/aromatic N) is 4. The summed E-state index contributed by atoms with van der Waals surface area (Å²) in [6, 6.07) is 16.3. The van der Waals surface area contributed by atoms with Crippen molar-refractivity contribution in [2.45, 2.75) is 26.6 Å². The number of methoxy groups -OCH3 is 1. The summed E-state index contributed by atoms with van der Waals surface area (Å²) >= 11 is 12.0. The van der Waals surface area contributed by atoms with Gasteiger partial charge < -0.3 is 14.5 Å². The Bertz CT molecular complexity index is 1080. The van der Waals surface area contributed by atoms with Crippen molar-refractivity contribution in [2.75, 3.05) is 38.2 Å². The van der Waals surface area contributed by atoms with Crippen LogP contribution >= 0.6 is 23.8 Å². The fourth-order valence-corrected chi connectivity index (χ4v) is 4.64. The number of rotatable bonds is 6. The van der Waals surface area contributed by atoms with Gasteiger partial charge in [-0.2, -0.15) is 4.68 Å². The number of aromatic nitrogens is 3. The third-order valence-electron chi connectivity index (χ3n) is 5.75. The van der Waals surface area contributed by atoms with Gasteiger partial charge in [0, 0.05) is 22.3 Å². The molecule has 4 rings (SSSR count). The molecule has 0 atom stereocenters. The van der Waals surface area contributed by atoms with Gasteiger partial charge in [-0.3, -0.25) is 4.57 Å². The summed E-state index contributed by atoms with van der Waals surface area (Å²) in [5, 5.41) is 5.70. The van der Waals surface area contributed by atoms with Crippen LogP contribution in [-0.4, -0.2) is 47.6 Å². The molecule has 0 saturated carbocycles. The van der Waals surface area contributed by atoms with Crippen molar-refractivity contribution >= 4 is 29.5 Å². The van der Waals surface area contributed by atoms with Crippen LogP contribution in [0.25, 0.3) is 11.4 Å². The number of nitrogens with one attached hydrogen (secondary N) is 1. The molecular formula is C23H29ClN5OS+. The van der Waals surface area contributed by atoms with Crippen molar-refractivity contribution < 1.29 is 9.64 Å². The van der Waals surface area contributed by atoms with Gasteiger partial charge in [0.15, 0.2) is 12.5 Å². The third kappa shape index (κ3) is 4.79. The molecule has 1 aliphatic rings. The first kappa shape index (κ1) is 21.9. The number of hydrogen-bond donors (Lipinski definition) is 1. The van der Waals surface area contributed by atoms with Gasteiger partial charge in [0.1, 0.15) is 5.75 Å². The summed E-state index contributed by atoms with van der Waals surface area (Å²) in [5.41, 5.74) is 2.23. The number of piperazine rings is 1. The summed E-state index contributed by atoms with van der Waals surface area (Å²) in [6.45, 7) is 9.09. The van der Waals surface area contributed by atoms with E-state index in [0.29, 0.717) is 0 Å². The van der Waals surface area contributed by atoms with Crippen LogP contribution in [0.5, 0.6) is 5.75 Å². The van der Waals surface area contributed by atoms with E-state index in [1.165, 1.54) is 10.6 Å². The van der Waals surface area contributed by atoms with E-state index in [0.717, 1.165) is 59.8 Å². The largest absolute Gasteiger partial charge is 0.497 e. The summed E-state index contributed by atoms with van der Waals surface area (Å²) in [4.78, 5) is 3.87. The van der Waals surface area contributed by atoms with Gasteiger partial charge in [-0.25, -0.2) is 0 Å². The molecule has 0 radical (unpaired) electrons. The quantitative estimate of drug-likeness (QED) is 0.572.